The van der Waals surface area contributed by atoms with E-state index in [9.17, 15) is 0 Å². The van der Waals surface area contributed by atoms with Crippen molar-refractivity contribution in [1.82, 2.24) is 10.2 Å². The lowest BCUT2D eigenvalue weighted by Crippen LogP contribution is -2.35. The van der Waals surface area contributed by atoms with Crippen LogP contribution in [0.2, 0.25) is 0 Å². The van der Waals surface area contributed by atoms with Gasteiger partial charge < -0.3 is 10.2 Å². The molecule has 0 aliphatic heterocycles. The first-order valence-corrected chi connectivity index (χ1v) is 5.49. The molecular weight excluding hydrogens is 198 g/mol. The summed E-state index contributed by atoms with van der Waals surface area (Å²) in [5.74, 6) is 0. The van der Waals surface area contributed by atoms with Gasteiger partial charge in [-0.1, -0.05) is 12.1 Å². The largest absolute Gasteiger partial charge is 0.309 e. The van der Waals surface area contributed by atoms with Crippen LogP contribution in [0.25, 0.3) is 0 Å². The minimum Gasteiger partial charge on any atom is -0.309 e. The van der Waals surface area contributed by atoms with Gasteiger partial charge in [-0.2, -0.15) is 5.26 Å². The summed E-state index contributed by atoms with van der Waals surface area (Å²) in [6.07, 6.45) is 0. The summed E-state index contributed by atoms with van der Waals surface area (Å²) in [6.45, 7) is 4.04. The monoisotopic (exact) mass is 217 g/mol. The molecule has 0 saturated carbocycles. The standard InChI is InChI=1S/C13H19N3/c1-11(10-16(2)3)15-9-13-6-4-12(8-14)5-7-13/h4-7,11,15H,9-10H2,1-3H3. The Kier molecular flexibility index (Phi) is 4.97. The van der Waals surface area contributed by atoms with E-state index in [2.05, 4.69) is 37.3 Å². The third-order valence-electron chi connectivity index (χ3n) is 2.38. The molecule has 0 spiro atoms. The second-order valence-corrected chi connectivity index (χ2v) is 4.35. The molecule has 1 aromatic rings. The fourth-order valence-corrected chi connectivity index (χ4v) is 1.60. The Hall–Kier alpha value is -1.37. The van der Waals surface area contributed by atoms with Crippen molar-refractivity contribution in [3.05, 3.63) is 35.4 Å². The van der Waals surface area contributed by atoms with Crippen molar-refractivity contribution in [3.8, 4) is 6.07 Å². The summed E-state index contributed by atoms with van der Waals surface area (Å²) in [5.41, 5.74) is 1.93. The van der Waals surface area contributed by atoms with Gasteiger partial charge in [-0.15, -0.1) is 0 Å². The first-order valence-electron chi connectivity index (χ1n) is 5.49. The maximum Gasteiger partial charge on any atom is 0.0991 e. The van der Waals surface area contributed by atoms with Crippen molar-refractivity contribution in [3.63, 3.8) is 0 Å². The Labute approximate surface area is 97.7 Å². The Balaban J connectivity index is 2.40. The maximum absolute atomic E-state index is 8.67. The van der Waals surface area contributed by atoms with Crippen LogP contribution in [-0.2, 0) is 6.54 Å². The molecule has 16 heavy (non-hydrogen) atoms. The van der Waals surface area contributed by atoms with Gasteiger partial charge in [0.05, 0.1) is 11.6 Å². The van der Waals surface area contributed by atoms with Crippen LogP contribution in [0, 0.1) is 11.3 Å². The Morgan fingerprint density at radius 3 is 2.44 bits per heavy atom. The first-order chi connectivity index (χ1) is 7.61. The van der Waals surface area contributed by atoms with Crippen molar-refractivity contribution >= 4 is 0 Å². The molecule has 0 aliphatic carbocycles. The highest BCUT2D eigenvalue weighted by atomic mass is 15.1. The van der Waals surface area contributed by atoms with E-state index in [0.29, 0.717) is 11.6 Å². The third-order valence-corrected chi connectivity index (χ3v) is 2.38. The predicted octanol–water partition coefficient (Wildman–Crippen LogP) is 1.60. The van der Waals surface area contributed by atoms with E-state index in [4.69, 9.17) is 5.26 Å². The number of rotatable bonds is 5. The molecule has 1 atom stereocenters. The van der Waals surface area contributed by atoms with Crippen molar-refractivity contribution in [2.75, 3.05) is 20.6 Å². The number of hydrogen-bond donors (Lipinski definition) is 1. The van der Waals surface area contributed by atoms with Gasteiger partial charge in [0, 0.05) is 19.1 Å². The van der Waals surface area contributed by atoms with Crippen LogP contribution in [0.5, 0.6) is 0 Å². The number of nitrogens with zero attached hydrogens (tertiary/aromatic N) is 2. The summed E-state index contributed by atoms with van der Waals surface area (Å²) in [4.78, 5) is 2.16. The van der Waals surface area contributed by atoms with Crippen LogP contribution >= 0.6 is 0 Å². The number of nitriles is 1. The maximum atomic E-state index is 8.67. The summed E-state index contributed by atoms with van der Waals surface area (Å²) in [5, 5.41) is 12.1. The normalized spacial score (nSPS) is 12.4. The smallest absolute Gasteiger partial charge is 0.0991 e. The first kappa shape index (κ1) is 12.7. The van der Waals surface area contributed by atoms with Crippen LogP contribution in [0.4, 0.5) is 0 Å². The number of hydrogen-bond acceptors (Lipinski definition) is 3. The molecule has 3 heteroatoms. The van der Waals surface area contributed by atoms with Crippen LogP contribution in [0.1, 0.15) is 18.1 Å². The van der Waals surface area contributed by atoms with Crippen molar-refractivity contribution in [2.24, 2.45) is 0 Å². The molecule has 0 amide bonds. The van der Waals surface area contributed by atoms with Gasteiger partial charge in [0.25, 0.3) is 0 Å². The van der Waals surface area contributed by atoms with Crippen LogP contribution in [0.15, 0.2) is 24.3 Å². The second kappa shape index (κ2) is 6.26. The van der Waals surface area contributed by atoms with Crippen LogP contribution in [-0.4, -0.2) is 31.6 Å². The van der Waals surface area contributed by atoms with Gasteiger partial charge in [0.1, 0.15) is 0 Å². The second-order valence-electron chi connectivity index (χ2n) is 4.35. The fourth-order valence-electron chi connectivity index (χ4n) is 1.60. The lowest BCUT2D eigenvalue weighted by Gasteiger charge is -2.18. The van der Waals surface area contributed by atoms with E-state index in [1.165, 1.54) is 5.56 Å². The average Bonchev–Trinajstić information content (AvgIpc) is 2.26. The third kappa shape index (κ3) is 4.43. The highest BCUT2D eigenvalue weighted by molar-refractivity contribution is 5.31. The molecule has 0 fully saturated rings. The van der Waals surface area contributed by atoms with E-state index in [0.717, 1.165) is 13.1 Å². The molecule has 0 saturated heterocycles. The van der Waals surface area contributed by atoms with E-state index in [-0.39, 0.29) is 0 Å². The number of nitrogens with one attached hydrogen (secondary N) is 1. The average molecular weight is 217 g/mol. The van der Waals surface area contributed by atoms with Gasteiger partial charge in [-0.05, 0) is 38.7 Å². The molecule has 0 aliphatic rings. The van der Waals surface area contributed by atoms with E-state index >= 15 is 0 Å². The summed E-state index contributed by atoms with van der Waals surface area (Å²) in [6, 6.07) is 10.3. The van der Waals surface area contributed by atoms with Gasteiger partial charge in [-0.25, -0.2) is 0 Å². The Bertz CT molecular complexity index is 348. The Morgan fingerprint density at radius 1 is 1.31 bits per heavy atom. The number of likely N-dealkylation sites (N-methyl/N-ethyl adjacent to an activating group) is 1. The highest BCUT2D eigenvalue weighted by Crippen LogP contribution is 2.03. The molecule has 86 valence electrons. The van der Waals surface area contributed by atoms with Crippen LogP contribution in [0.3, 0.4) is 0 Å². The fraction of sp³-hybridized carbons (Fsp3) is 0.462. The molecule has 0 aromatic heterocycles. The topological polar surface area (TPSA) is 39.1 Å². The Morgan fingerprint density at radius 2 is 1.94 bits per heavy atom. The van der Waals surface area contributed by atoms with Crippen molar-refractivity contribution in [1.29, 1.82) is 5.26 Å². The zero-order valence-corrected chi connectivity index (χ0v) is 10.2. The minimum absolute atomic E-state index is 0.464. The molecule has 3 nitrogen and oxygen atoms in total. The molecule has 1 N–H and O–H groups in total. The van der Waals surface area contributed by atoms with Gasteiger partial charge in [0.15, 0.2) is 0 Å². The molecule has 1 rings (SSSR count). The lowest BCUT2D eigenvalue weighted by atomic mass is 10.1. The van der Waals surface area contributed by atoms with Gasteiger partial charge >= 0.3 is 0 Å². The summed E-state index contributed by atoms with van der Waals surface area (Å²) in [7, 11) is 4.14. The van der Waals surface area contributed by atoms with Crippen molar-refractivity contribution < 1.29 is 0 Å². The predicted molar refractivity (Wildman–Crippen MR) is 66.0 cm³/mol. The SMILES string of the molecule is CC(CN(C)C)NCc1ccc(C#N)cc1. The van der Waals surface area contributed by atoms with Crippen LogP contribution < -0.4 is 5.32 Å². The molecule has 0 radical (unpaired) electrons. The molecule has 1 aromatic carbocycles. The zero-order chi connectivity index (χ0) is 12.0. The zero-order valence-electron chi connectivity index (χ0n) is 10.2. The van der Waals surface area contributed by atoms with Gasteiger partial charge in [0.2, 0.25) is 0 Å². The van der Waals surface area contributed by atoms with Crippen molar-refractivity contribution in [2.45, 2.75) is 19.5 Å². The summed E-state index contributed by atoms with van der Waals surface area (Å²) < 4.78 is 0. The highest BCUT2D eigenvalue weighted by Gasteiger charge is 2.02. The molecule has 1 unspecified atom stereocenters. The molecule has 0 heterocycles. The lowest BCUT2D eigenvalue weighted by molar-refractivity contribution is 0.349. The van der Waals surface area contributed by atoms with E-state index in [1.54, 1.807) is 0 Å². The number of benzene rings is 1. The quantitative estimate of drug-likeness (QED) is 0.814. The van der Waals surface area contributed by atoms with Gasteiger partial charge in [-0.3, -0.25) is 0 Å². The molecule has 0 bridgehead atoms. The van der Waals surface area contributed by atoms with E-state index < -0.39 is 0 Å². The minimum atomic E-state index is 0.464. The summed E-state index contributed by atoms with van der Waals surface area (Å²) >= 11 is 0. The molecular formula is C13H19N3. The van der Waals surface area contributed by atoms with E-state index in [1.807, 2.05) is 24.3 Å².